The number of rotatable bonds is 5. The quantitative estimate of drug-likeness (QED) is 0.427. The second kappa shape index (κ2) is 7.64. The Balaban J connectivity index is 1.69. The average Bonchev–Trinajstić information content (AvgIpc) is 3.09. The summed E-state index contributed by atoms with van der Waals surface area (Å²) in [6.45, 7) is 8.22. The normalized spacial score (nSPS) is 12.8. The van der Waals surface area contributed by atoms with E-state index in [9.17, 15) is 9.18 Å². The number of nitrogens with zero attached hydrogens (tertiary/aromatic N) is 2. The lowest BCUT2D eigenvalue weighted by Gasteiger charge is -2.19. The number of ketones is 1. The molecule has 0 fully saturated rings. The maximum absolute atomic E-state index is 13.0. The van der Waals surface area contributed by atoms with E-state index >= 15 is 0 Å². The average molecular weight is 384 g/mol. The van der Waals surface area contributed by atoms with Gasteiger partial charge >= 0.3 is 0 Å². The van der Waals surface area contributed by atoms with E-state index in [0.29, 0.717) is 22.2 Å². The van der Waals surface area contributed by atoms with Crippen molar-refractivity contribution in [2.24, 2.45) is 0 Å². The summed E-state index contributed by atoms with van der Waals surface area (Å²) in [5, 5.41) is 7.88. The fourth-order valence-corrected chi connectivity index (χ4v) is 3.30. The third kappa shape index (κ3) is 4.63. The predicted octanol–water partition coefficient (Wildman–Crippen LogP) is 5.54. The summed E-state index contributed by atoms with van der Waals surface area (Å²) in [5.74, 6) is -0.0294. The Hall–Kier alpha value is -2.47. The Bertz CT molecular complexity index is 928. The number of hydrogen-bond acceptors (Lipinski definition) is 5. The van der Waals surface area contributed by atoms with Gasteiger partial charge in [-0.05, 0) is 42.2 Å². The van der Waals surface area contributed by atoms with Crippen molar-refractivity contribution in [1.29, 1.82) is 0 Å². The molecule has 0 aliphatic rings. The highest BCUT2D eigenvalue weighted by atomic mass is 32.2. The van der Waals surface area contributed by atoms with Gasteiger partial charge in [-0.3, -0.25) is 4.79 Å². The third-order valence-electron chi connectivity index (χ3n) is 4.18. The van der Waals surface area contributed by atoms with Gasteiger partial charge < -0.3 is 4.42 Å². The maximum atomic E-state index is 13.0. The lowest BCUT2D eigenvalue weighted by atomic mass is 9.86. The molecule has 4 nitrogen and oxygen atoms in total. The minimum absolute atomic E-state index is 0.00184. The Morgan fingerprint density at radius 2 is 1.67 bits per heavy atom. The molecule has 3 aromatic rings. The van der Waals surface area contributed by atoms with Gasteiger partial charge in [-0.1, -0.05) is 56.8 Å². The van der Waals surface area contributed by atoms with Gasteiger partial charge in [0.25, 0.3) is 5.22 Å². The first kappa shape index (κ1) is 19.3. The van der Waals surface area contributed by atoms with Crippen molar-refractivity contribution in [2.75, 3.05) is 0 Å². The van der Waals surface area contributed by atoms with Crippen LogP contribution in [-0.2, 0) is 5.41 Å². The molecule has 27 heavy (non-hydrogen) atoms. The van der Waals surface area contributed by atoms with Crippen molar-refractivity contribution in [3.63, 3.8) is 0 Å². The molecule has 0 bridgehead atoms. The van der Waals surface area contributed by atoms with E-state index in [2.05, 4.69) is 31.0 Å². The minimum atomic E-state index is -0.369. The molecular weight excluding hydrogens is 363 g/mol. The van der Waals surface area contributed by atoms with Crippen molar-refractivity contribution in [3.8, 4) is 11.5 Å². The van der Waals surface area contributed by atoms with Crippen LogP contribution in [0.1, 0.15) is 43.6 Å². The van der Waals surface area contributed by atoms with Crippen molar-refractivity contribution >= 4 is 17.5 Å². The Morgan fingerprint density at radius 1 is 1.04 bits per heavy atom. The number of aromatic nitrogens is 2. The molecule has 1 aromatic heterocycles. The topological polar surface area (TPSA) is 56.0 Å². The molecule has 2 aromatic carbocycles. The molecule has 0 saturated carbocycles. The van der Waals surface area contributed by atoms with E-state index in [1.54, 1.807) is 12.1 Å². The minimum Gasteiger partial charge on any atom is -0.411 e. The number of Topliss-reactive ketones (excluding diaryl/α,β-unsaturated/α-hetero) is 1. The van der Waals surface area contributed by atoms with Gasteiger partial charge in [0, 0.05) is 11.1 Å². The fraction of sp³-hybridized carbons (Fsp3) is 0.286. The molecule has 3 rings (SSSR count). The predicted molar refractivity (Wildman–Crippen MR) is 104 cm³/mol. The zero-order valence-corrected chi connectivity index (χ0v) is 16.5. The molecule has 0 aliphatic carbocycles. The summed E-state index contributed by atoms with van der Waals surface area (Å²) < 4.78 is 18.6. The fourth-order valence-electron chi connectivity index (χ4n) is 2.54. The summed E-state index contributed by atoms with van der Waals surface area (Å²) in [7, 11) is 0. The van der Waals surface area contributed by atoms with Gasteiger partial charge in [0.05, 0.1) is 5.25 Å². The SMILES string of the molecule is CC(Sc1nnc(-c2ccc(F)cc2)o1)C(=O)c1ccc(C(C)(C)C)cc1. The smallest absolute Gasteiger partial charge is 0.277 e. The van der Waals surface area contributed by atoms with Gasteiger partial charge in [-0.25, -0.2) is 4.39 Å². The van der Waals surface area contributed by atoms with Gasteiger partial charge in [0.2, 0.25) is 5.89 Å². The molecule has 1 heterocycles. The molecule has 0 spiro atoms. The lowest BCUT2D eigenvalue weighted by Crippen LogP contribution is -2.15. The van der Waals surface area contributed by atoms with Gasteiger partial charge in [0.1, 0.15) is 5.82 Å². The molecule has 0 radical (unpaired) electrons. The second-order valence-corrected chi connectivity index (χ2v) is 8.62. The number of halogens is 1. The van der Waals surface area contributed by atoms with E-state index < -0.39 is 0 Å². The summed E-state index contributed by atoms with van der Waals surface area (Å²) in [5.41, 5.74) is 2.51. The molecule has 6 heteroatoms. The van der Waals surface area contributed by atoms with Gasteiger partial charge in [0.15, 0.2) is 5.78 Å². The zero-order chi connectivity index (χ0) is 19.6. The molecule has 0 aliphatic heterocycles. The molecule has 140 valence electrons. The van der Waals surface area contributed by atoms with Crippen molar-refractivity contribution in [3.05, 3.63) is 65.5 Å². The largest absolute Gasteiger partial charge is 0.411 e. The van der Waals surface area contributed by atoms with Crippen LogP contribution in [0.15, 0.2) is 58.2 Å². The van der Waals surface area contributed by atoms with Gasteiger partial charge in [-0.15, -0.1) is 10.2 Å². The molecule has 0 N–H and O–H groups in total. The number of carbonyl (C=O) groups is 1. The van der Waals surface area contributed by atoms with Crippen molar-refractivity contribution in [1.82, 2.24) is 10.2 Å². The molecule has 1 unspecified atom stereocenters. The van der Waals surface area contributed by atoms with E-state index in [0.717, 1.165) is 0 Å². The summed E-state index contributed by atoms with van der Waals surface area (Å²) in [4.78, 5) is 12.7. The van der Waals surface area contributed by atoms with E-state index in [4.69, 9.17) is 4.42 Å². The van der Waals surface area contributed by atoms with Crippen molar-refractivity contribution in [2.45, 2.75) is 43.6 Å². The number of carbonyl (C=O) groups excluding carboxylic acids is 1. The Kier molecular flexibility index (Phi) is 5.46. The number of thioether (sulfide) groups is 1. The highest BCUT2D eigenvalue weighted by molar-refractivity contribution is 8.00. The van der Waals surface area contributed by atoms with E-state index in [1.165, 1.54) is 29.5 Å². The standard InChI is InChI=1S/C21H21FN2O2S/c1-13(18(25)14-5-9-16(10-6-14)21(2,3)4)27-20-24-23-19(26-20)15-7-11-17(22)12-8-15/h5-13H,1-4H3. The van der Waals surface area contributed by atoms with Crippen LogP contribution in [0.4, 0.5) is 4.39 Å². The van der Waals surface area contributed by atoms with Crippen LogP contribution < -0.4 is 0 Å². The third-order valence-corrected chi connectivity index (χ3v) is 5.11. The monoisotopic (exact) mass is 384 g/mol. The summed E-state index contributed by atoms with van der Waals surface area (Å²) in [6.07, 6.45) is 0. The van der Waals surface area contributed by atoms with Crippen molar-refractivity contribution < 1.29 is 13.6 Å². The van der Waals surface area contributed by atoms with E-state index in [-0.39, 0.29) is 22.3 Å². The molecular formula is C21H21FN2O2S. The van der Waals surface area contributed by atoms with Crippen LogP contribution in [0.25, 0.3) is 11.5 Å². The Labute approximate surface area is 162 Å². The Morgan fingerprint density at radius 3 is 2.26 bits per heavy atom. The van der Waals surface area contributed by atoms with Crippen LogP contribution in [0.2, 0.25) is 0 Å². The van der Waals surface area contributed by atoms with Crippen LogP contribution in [0, 0.1) is 5.82 Å². The van der Waals surface area contributed by atoms with Crippen LogP contribution in [0.3, 0.4) is 0 Å². The molecule has 0 amide bonds. The second-order valence-electron chi connectivity index (χ2n) is 7.33. The highest BCUT2D eigenvalue weighted by Gasteiger charge is 2.21. The van der Waals surface area contributed by atoms with Crippen LogP contribution in [-0.4, -0.2) is 21.2 Å². The van der Waals surface area contributed by atoms with Crippen LogP contribution >= 0.6 is 11.8 Å². The first-order valence-corrected chi connectivity index (χ1v) is 9.53. The first-order chi connectivity index (χ1) is 12.7. The molecule has 0 saturated heterocycles. The molecule has 1 atom stereocenters. The number of benzene rings is 2. The van der Waals surface area contributed by atoms with E-state index in [1.807, 2.05) is 31.2 Å². The maximum Gasteiger partial charge on any atom is 0.277 e. The zero-order valence-electron chi connectivity index (χ0n) is 15.7. The lowest BCUT2D eigenvalue weighted by molar-refractivity contribution is 0.0993. The number of hydrogen-bond donors (Lipinski definition) is 0. The van der Waals surface area contributed by atoms with Crippen LogP contribution in [0.5, 0.6) is 0 Å². The first-order valence-electron chi connectivity index (χ1n) is 8.65. The van der Waals surface area contributed by atoms with Gasteiger partial charge in [-0.2, -0.15) is 0 Å². The summed E-state index contributed by atoms with van der Waals surface area (Å²) in [6, 6.07) is 13.5. The summed E-state index contributed by atoms with van der Waals surface area (Å²) >= 11 is 1.21. The highest BCUT2D eigenvalue weighted by Crippen LogP contribution is 2.28.